The molecule has 1 radical (unpaired) electrons. The second-order valence-electron chi connectivity index (χ2n) is 1.02. The molecule has 0 aliphatic rings. The number of carbonyl (C=O) groups is 3. The van der Waals surface area contributed by atoms with Gasteiger partial charge in [0.15, 0.2) is 0 Å². The van der Waals surface area contributed by atoms with Gasteiger partial charge in [0.25, 0.3) is 18.5 Å². The minimum Gasteiger partial charge on any atom is -0.424 e. The summed E-state index contributed by atoms with van der Waals surface area (Å²) in [4.78, 5) is 34.0. The Morgan fingerprint density at radius 3 is 0.750 bits per heavy atom. The summed E-state index contributed by atoms with van der Waals surface area (Å²) in [6, 6.07) is 0. The average Bonchev–Trinajstić information content (AvgIpc) is 2.19. The van der Waals surface area contributed by atoms with E-state index >= 15 is 0 Å². The van der Waals surface area contributed by atoms with E-state index < -0.39 is 18.5 Å². The molecule has 0 spiro atoms. The Labute approximate surface area is 118 Å². The van der Waals surface area contributed by atoms with Gasteiger partial charge in [-0.25, -0.2) is 0 Å². The van der Waals surface area contributed by atoms with Crippen LogP contribution in [-0.4, -0.2) is 34.2 Å². The van der Waals surface area contributed by atoms with Crippen LogP contribution in [0.3, 0.4) is 0 Å². The summed E-state index contributed by atoms with van der Waals surface area (Å²) in [5, 5.41) is 47.3. The van der Waals surface area contributed by atoms with Gasteiger partial charge in [-0.1, -0.05) is 0 Å². The minimum atomic E-state index is -1.94. The number of carbonyl (C=O) groups excluding carboxylic acids is 3. The fourth-order valence-corrected chi connectivity index (χ4v) is 0. The molecule has 0 amide bonds. The van der Waals surface area contributed by atoms with Crippen LogP contribution in [0.2, 0.25) is 0 Å². The molecule has 0 unspecified atom stereocenters. The van der Waals surface area contributed by atoms with Crippen LogP contribution in [0.4, 0.5) is 14.4 Å². The standard InChI is InChI=1S/3CH2O4.Sm/c3*2-1(3)5-4;/h3*4H,(H,2,3);/q;;;+3/p-3. The molecule has 0 heterocycles. The van der Waals surface area contributed by atoms with Gasteiger partial charge in [0.1, 0.15) is 0 Å². The molecule has 3 N–H and O–H groups in total. The summed E-state index contributed by atoms with van der Waals surface area (Å²) >= 11 is 0. The van der Waals surface area contributed by atoms with E-state index in [-0.39, 0.29) is 40.4 Å². The van der Waals surface area contributed by atoms with Crippen molar-refractivity contribution < 1.29 is 101 Å². The van der Waals surface area contributed by atoms with E-state index in [0.717, 1.165) is 0 Å². The first kappa shape index (κ1) is 24.3. The van der Waals surface area contributed by atoms with Crippen molar-refractivity contribution >= 4 is 18.5 Å². The van der Waals surface area contributed by atoms with E-state index in [4.69, 9.17) is 45.5 Å². The van der Waals surface area contributed by atoms with Crippen molar-refractivity contribution in [2.75, 3.05) is 0 Å². The molecule has 0 aliphatic heterocycles. The first-order valence-electron chi connectivity index (χ1n) is 2.38. The fraction of sp³-hybridized carbons (Fsp3) is 0. The summed E-state index contributed by atoms with van der Waals surface area (Å²) in [5.74, 6) is 0. The molecule has 0 rings (SSSR count). The van der Waals surface area contributed by atoms with Crippen LogP contribution in [-0.2, 0) is 14.7 Å². The third-order valence-electron chi connectivity index (χ3n) is 0.224. The summed E-state index contributed by atoms with van der Waals surface area (Å²) in [6.07, 6.45) is -5.82. The predicted octanol–water partition coefficient (Wildman–Crippen LogP) is -3.54. The van der Waals surface area contributed by atoms with Crippen LogP contribution in [0.1, 0.15) is 0 Å². The topological polar surface area (TPSA) is 209 Å². The van der Waals surface area contributed by atoms with Crippen LogP contribution in [0.5, 0.6) is 0 Å². The summed E-state index contributed by atoms with van der Waals surface area (Å²) in [5.41, 5.74) is 0. The summed E-state index contributed by atoms with van der Waals surface area (Å²) in [6.45, 7) is 0. The van der Waals surface area contributed by atoms with Gasteiger partial charge in [-0.3, -0.25) is 15.8 Å². The average molecular weight is 381 g/mol. The van der Waals surface area contributed by atoms with Gasteiger partial charge in [-0.05, 0) is 0 Å². The second kappa shape index (κ2) is 19.6. The van der Waals surface area contributed by atoms with Gasteiger partial charge in [-0.2, -0.15) is 0 Å². The van der Waals surface area contributed by atoms with E-state index in [1.54, 1.807) is 0 Å². The molecule has 0 atom stereocenters. The first-order valence-corrected chi connectivity index (χ1v) is 2.38. The van der Waals surface area contributed by atoms with Crippen LogP contribution >= 0.6 is 0 Å². The van der Waals surface area contributed by atoms with E-state index in [2.05, 4.69) is 14.7 Å². The zero-order valence-corrected chi connectivity index (χ0v) is 9.54. The summed E-state index contributed by atoms with van der Waals surface area (Å²) in [7, 11) is 0. The molecule has 0 fully saturated rings. The normalized spacial score (nSPS) is 6.19. The molecule has 16 heavy (non-hydrogen) atoms. The Morgan fingerprint density at radius 1 is 0.688 bits per heavy atom. The van der Waals surface area contributed by atoms with Gasteiger partial charge in [-0.15, -0.1) is 0 Å². The van der Waals surface area contributed by atoms with Crippen molar-refractivity contribution in [3.63, 3.8) is 0 Å². The number of rotatable bonds is 0. The molecule has 0 aromatic rings. The molecular weight excluding hydrogens is 378 g/mol. The van der Waals surface area contributed by atoms with Gasteiger partial charge in [0.2, 0.25) is 0 Å². The number of carboxylic acid groups (broad SMARTS) is 3. The van der Waals surface area contributed by atoms with Crippen molar-refractivity contribution in [3.8, 4) is 0 Å². The minimum absolute atomic E-state index is 0. The smallest absolute Gasteiger partial charge is 0.424 e. The second-order valence-corrected chi connectivity index (χ2v) is 1.02. The molecule has 0 saturated carbocycles. The molecule has 0 aromatic heterocycles. The maximum Gasteiger partial charge on any atom is 3.00 e. The SMILES string of the molecule is O=C([O-])OO.O=C([O-])OO.O=C([O-])OO.[Sm+3]. The summed E-state index contributed by atoms with van der Waals surface area (Å²) < 4.78 is 0. The number of hydrogen-bond donors (Lipinski definition) is 3. The third kappa shape index (κ3) is 74.6. The van der Waals surface area contributed by atoms with Crippen molar-refractivity contribution in [1.82, 2.24) is 0 Å². The molecule has 13 heteroatoms. The van der Waals surface area contributed by atoms with Crippen molar-refractivity contribution in [2.24, 2.45) is 0 Å². The Bertz CT molecular complexity index is 155. The Balaban J connectivity index is -0.0000000655. The zero-order valence-electron chi connectivity index (χ0n) is 6.92. The monoisotopic (exact) mass is 383 g/mol. The molecule has 0 aliphatic carbocycles. The third-order valence-corrected chi connectivity index (χ3v) is 0.224. The quantitative estimate of drug-likeness (QED) is 0.212. The van der Waals surface area contributed by atoms with Crippen LogP contribution < -0.4 is 15.3 Å². The van der Waals surface area contributed by atoms with Gasteiger partial charge in [0, 0.05) is 0 Å². The number of hydrogen-bond acceptors (Lipinski definition) is 12. The van der Waals surface area contributed by atoms with Crippen LogP contribution in [0.25, 0.3) is 0 Å². The Hall–Kier alpha value is -0.972. The van der Waals surface area contributed by atoms with E-state index in [1.165, 1.54) is 0 Å². The molecule has 0 aromatic carbocycles. The Kier molecular flexibility index (Phi) is 29.8. The molecule has 0 saturated heterocycles. The molecular formula is C3H3O12Sm. The van der Waals surface area contributed by atoms with Crippen molar-refractivity contribution in [1.29, 1.82) is 0 Å². The van der Waals surface area contributed by atoms with Crippen molar-refractivity contribution in [2.45, 2.75) is 0 Å². The van der Waals surface area contributed by atoms with E-state index in [0.29, 0.717) is 0 Å². The van der Waals surface area contributed by atoms with E-state index in [9.17, 15) is 0 Å². The van der Waals surface area contributed by atoms with Gasteiger partial charge < -0.3 is 44.4 Å². The molecule has 0 bridgehead atoms. The maximum absolute atomic E-state index is 8.78. The molecule has 12 nitrogen and oxygen atoms in total. The first-order chi connectivity index (χ1) is 6.81. The van der Waals surface area contributed by atoms with Crippen LogP contribution in [0, 0.1) is 40.4 Å². The zero-order chi connectivity index (χ0) is 12.9. The van der Waals surface area contributed by atoms with Gasteiger partial charge in [0.05, 0.1) is 0 Å². The van der Waals surface area contributed by atoms with Crippen LogP contribution in [0.15, 0.2) is 0 Å². The van der Waals surface area contributed by atoms with Crippen molar-refractivity contribution in [3.05, 3.63) is 0 Å². The van der Waals surface area contributed by atoms with Gasteiger partial charge >= 0.3 is 40.4 Å². The largest absolute Gasteiger partial charge is 3.00 e. The predicted molar refractivity (Wildman–Crippen MR) is 27.3 cm³/mol. The Morgan fingerprint density at radius 2 is 0.750 bits per heavy atom. The fourth-order valence-electron chi connectivity index (χ4n) is 0. The molecule has 93 valence electrons. The van der Waals surface area contributed by atoms with E-state index in [1.807, 2.05) is 0 Å². The maximum atomic E-state index is 8.78.